The zero-order valence-corrected chi connectivity index (χ0v) is 9.74. The summed E-state index contributed by atoms with van der Waals surface area (Å²) in [7, 11) is 1.89. The standard InChI is InChI=1S/C12H16FNS/c1-14-8-10-4-2-3-5-11(10)12(13)6-7-15-9-12/h2-5,14H,6-9H2,1H3. The van der Waals surface area contributed by atoms with E-state index >= 15 is 0 Å². The second-order valence-electron chi connectivity index (χ2n) is 3.96. The van der Waals surface area contributed by atoms with Crippen LogP contribution in [0.1, 0.15) is 17.5 Å². The molecule has 1 atom stereocenters. The SMILES string of the molecule is CNCc1ccccc1C1(F)CCSC1. The van der Waals surface area contributed by atoms with Crippen molar-refractivity contribution in [3.63, 3.8) is 0 Å². The molecule has 1 aliphatic heterocycles. The van der Waals surface area contributed by atoms with E-state index in [0.717, 1.165) is 23.4 Å². The predicted octanol–water partition coefficient (Wildman–Crippen LogP) is 2.71. The molecule has 1 saturated heterocycles. The third-order valence-electron chi connectivity index (χ3n) is 2.84. The first kappa shape index (κ1) is 11.0. The minimum absolute atomic E-state index is 0.605. The maximum atomic E-state index is 14.6. The third kappa shape index (κ3) is 2.18. The van der Waals surface area contributed by atoms with Gasteiger partial charge in [0.25, 0.3) is 0 Å². The van der Waals surface area contributed by atoms with Gasteiger partial charge in [-0.15, -0.1) is 0 Å². The molecule has 1 nitrogen and oxygen atoms in total. The van der Waals surface area contributed by atoms with Crippen molar-refractivity contribution in [2.75, 3.05) is 18.6 Å². The van der Waals surface area contributed by atoms with E-state index in [1.54, 1.807) is 11.8 Å². The largest absolute Gasteiger partial charge is 0.316 e. The second kappa shape index (κ2) is 4.54. The van der Waals surface area contributed by atoms with Crippen molar-refractivity contribution in [3.05, 3.63) is 35.4 Å². The van der Waals surface area contributed by atoms with Crippen molar-refractivity contribution in [1.82, 2.24) is 5.32 Å². The summed E-state index contributed by atoms with van der Waals surface area (Å²) in [5.74, 6) is 1.54. The van der Waals surface area contributed by atoms with Gasteiger partial charge < -0.3 is 5.32 Å². The van der Waals surface area contributed by atoms with Crippen molar-refractivity contribution in [3.8, 4) is 0 Å². The van der Waals surface area contributed by atoms with Crippen LogP contribution in [-0.4, -0.2) is 18.6 Å². The number of hydrogen-bond acceptors (Lipinski definition) is 2. The van der Waals surface area contributed by atoms with Crippen molar-refractivity contribution >= 4 is 11.8 Å². The zero-order valence-electron chi connectivity index (χ0n) is 8.92. The summed E-state index contributed by atoms with van der Waals surface area (Å²) in [6.07, 6.45) is 0.651. The van der Waals surface area contributed by atoms with Crippen LogP contribution in [0.3, 0.4) is 0 Å². The monoisotopic (exact) mass is 225 g/mol. The minimum atomic E-state index is -1.10. The minimum Gasteiger partial charge on any atom is -0.316 e. The number of alkyl halides is 1. The Morgan fingerprint density at radius 2 is 2.27 bits per heavy atom. The van der Waals surface area contributed by atoms with E-state index in [2.05, 4.69) is 5.32 Å². The first-order valence-electron chi connectivity index (χ1n) is 5.26. The number of halogens is 1. The molecule has 0 aliphatic carbocycles. The molecule has 1 unspecified atom stereocenters. The van der Waals surface area contributed by atoms with Gasteiger partial charge in [0, 0.05) is 12.3 Å². The van der Waals surface area contributed by atoms with Gasteiger partial charge in [-0.05, 0) is 30.3 Å². The Hall–Kier alpha value is -0.540. The van der Waals surface area contributed by atoms with E-state index in [-0.39, 0.29) is 0 Å². The molecule has 1 heterocycles. The normalized spacial score (nSPS) is 25.7. The van der Waals surface area contributed by atoms with E-state index in [1.165, 1.54) is 0 Å². The van der Waals surface area contributed by atoms with Gasteiger partial charge in [0.1, 0.15) is 5.67 Å². The van der Waals surface area contributed by atoms with Crippen LogP contribution >= 0.6 is 11.8 Å². The number of benzene rings is 1. The fraction of sp³-hybridized carbons (Fsp3) is 0.500. The van der Waals surface area contributed by atoms with Crippen LogP contribution in [0.5, 0.6) is 0 Å². The average Bonchev–Trinajstić information content (AvgIpc) is 2.68. The Morgan fingerprint density at radius 3 is 2.93 bits per heavy atom. The lowest BCUT2D eigenvalue weighted by Crippen LogP contribution is -2.22. The predicted molar refractivity (Wildman–Crippen MR) is 63.9 cm³/mol. The highest BCUT2D eigenvalue weighted by Gasteiger charge is 2.37. The van der Waals surface area contributed by atoms with Crippen molar-refractivity contribution in [2.45, 2.75) is 18.6 Å². The fourth-order valence-corrected chi connectivity index (χ4v) is 3.29. The van der Waals surface area contributed by atoms with Gasteiger partial charge in [-0.2, -0.15) is 11.8 Å². The van der Waals surface area contributed by atoms with Crippen LogP contribution in [0.4, 0.5) is 4.39 Å². The summed E-state index contributed by atoms with van der Waals surface area (Å²) in [5.41, 5.74) is 0.868. The Balaban J connectivity index is 2.33. The molecular weight excluding hydrogens is 209 g/mol. The van der Waals surface area contributed by atoms with E-state index < -0.39 is 5.67 Å². The molecule has 15 heavy (non-hydrogen) atoms. The van der Waals surface area contributed by atoms with Gasteiger partial charge in [0.15, 0.2) is 0 Å². The Bertz CT molecular complexity index is 334. The van der Waals surface area contributed by atoms with Crippen LogP contribution in [0, 0.1) is 0 Å². The summed E-state index contributed by atoms with van der Waals surface area (Å²) in [5, 5.41) is 3.09. The van der Waals surface area contributed by atoms with E-state index in [1.807, 2.05) is 31.3 Å². The maximum Gasteiger partial charge on any atom is 0.146 e. The van der Waals surface area contributed by atoms with Gasteiger partial charge in [0.2, 0.25) is 0 Å². The quantitative estimate of drug-likeness (QED) is 0.849. The van der Waals surface area contributed by atoms with Crippen LogP contribution in [0.15, 0.2) is 24.3 Å². The molecule has 0 aromatic heterocycles. The van der Waals surface area contributed by atoms with E-state index in [9.17, 15) is 4.39 Å². The molecule has 0 bridgehead atoms. The van der Waals surface area contributed by atoms with Crippen LogP contribution in [-0.2, 0) is 12.2 Å². The van der Waals surface area contributed by atoms with Crippen molar-refractivity contribution < 1.29 is 4.39 Å². The molecule has 1 aromatic carbocycles. The van der Waals surface area contributed by atoms with Gasteiger partial charge in [-0.25, -0.2) is 4.39 Å². The molecule has 0 spiro atoms. The Morgan fingerprint density at radius 1 is 1.47 bits per heavy atom. The third-order valence-corrected chi connectivity index (χ3v) is 4.00. The number of thioether (sulfide) groups is 1. The summed E-state index contributed by atoms with van der Waals surface area (Å²) < 4.78 is 14.6. The molecule has 1 fully saturated rings. The molecule has 82 valence electrons. The number of rotatable bonds is 3. The molecule has 1 aliphatic rings. The van der Waals surface area contributed by atoms with Crippen LogP contribution in [0.2, 0.25) is 0 Å². The maximum absolute atomic E-state index is 14.6. The average molecular weight is 225 g/mol. The van der Waals surface area contributed by atoms with Crippen LogP contribution in [0.25, 0.3) is 0 Å². The van der Waals surface area contributed by atoms with Gasteiger partial charge in [-0.1, -0.05) is 24.3 Å². The summed E-state index contributed by atoms with van der Waals surface area (Å²) in [6.45, 7) is 0.743. The van der Waals surface area contributed by atoms with Crippen molar-refractivity contribution in [2.24, 2.45) is 0 Å². The smallest absolute Gasteiger partial charge is 0.146 e. The van der Waals surface area contributed by atoms with Gasteiger partial charge >= 0.3 is 0 Å². The van der Waals surface area contributed by atoms with Crippen molar-refractivity contribution in [1.29, 1.82) is 0 Å². The van der Waals surface area contributed by atoms with Gasteiger partial charge in [-0.3, -0.25) is 0 Å². The lowest BCUT2D eigenvalue weighted by molar-refractivity contribution is 0.201. The molecule has 2 rings (SSSR count). The Labute approximate surface area is 94.5 Å². The molecule has 3 heteroatoms. The highest BCUT2D eigenvalue weighted by molar-refractivity contribution is 7.99. The Kier molecular flexibility index (Phi) is 3.32. The summed E-state index contributed by atoms with van der Waals surface area (Å²) in [6, 6.07) is 7.84. The van der Waals surface area contributed by atoms with E-state index in [0.29, 0.717) is 12.2 Å². The molecule has 1 aromatic rings. The molecule has 0 radical (unpaired) electrons. The van der Waals surface area contributed by atoms with Gasteiger partial charge in [0.05, 0.1) is 0 Å². The fourth-order valence-electron chi connectivity index (χ4n) is 2.05. The highest BCUT2D eigenvalue weighted by atomic mass is 32.2. The van der Waals surface area contributed by atoms with Crippen LogP contribution < -0.4 is 5.32 Å². The lowest BCUT2D eigenvalue weighted by Gasteiger charge is -2.22. The molecule has 0 saturated carbocycles. The highest BCUT2D eigenvalue weighted by Crippen LogP contribution is 2.41. The van der Waals surface area contributed by atoms with E-state index in [4.69, 9.17) is 0 Å². The second-order valence-corrected chi connectivity index (χ2v) is 5.06. The summed E-state index contributed by atoms with van der Waals surface area (Å²) in [4.78, 5) is 0. The first-order valence-corrected chi connectivity index (χ1v) is 6.41. The topological polar surface area (TPSA) is 12.0 Å². The number of nitrogens with one attached hydrogen (secondary N) is 1. The zero-order chi connectivity index (χ0) is 10.7. The molecule has 0 amide bonds. The molecular formula is C12H16FNS. The number of hydrogen-bond donors (Lipinski definition) is 1. The molecule has 1 N–H and O–H groups in total. The lowest BCUT2D eigenvalue weighted by atomic mass is 9.91. The summed E-state index contributed by atoms with van der Waals surface area (Å²) >= 11 is 1.71. The first-order chi connectivity index (χ1) is 7.26.